The summed E-state index contributed by atoms with van der Waals surface area (Å²) >= 11 is 5.97. The molecule has 1 heterocycles. The van der Waals surface area contributed by atoms with Crippen molar-refractivity contribution in [2.45, 2.75) is 33.9 Å². The van der Waals surface area contributed by atoms with Crippen molar-refractivity contribution in [3.8, 4) is 0 Å². The summed E-state index contributed by atoms with van der Waals surface area (Å²) in [7, 11) is 0. The Bertz CT molecular complexity index is 591. The maximum absolute atomic E-state index is 5.97. The first kappa shape index (κ1) is 16.7. The first-order chi connectivity index (χ1) is 10.6. The standard InChI is InChI=1S/C17H23ClN4/c1-4-22(5-2)12-15-9-7-6-8-14(15)11-19-17-10-16(18)20-13(3)21-17/h6-10H,4-5,11-12H2,1-3H3,(H,19,20,21). The third-order valence-corrected chi connectivity index (χ3v) is 3.87. The number of anilines is 1. The zero-order chi connectivity index (χ0) is 15.9. The Morgan fingerprint density at radius 1 is 1.09 bits per heavy atom. The van der Waals surface area contributed by atoms with Crippen molar-refractivity contribution in [1.29, 1.82) is 0 Å². The van der Waals surface area contributed by atoms with Gasteiger partial charge in [0, 0.05) is 19.2 Å². The molecule has 0 saturated heterocycles. The Morgan fingerprint density at radius 2 is 1.77 bits per heavy atom. The SMILES string of the molecule is CCN(CC)Cc1ccccc1CNc1cc(Cl)nc(C)n1. The molecule has 0 aliphatic carbocycles. The number of rotatable bonds is 7. The van der Waals surface area contributed by atoms with Crippen LogP contribution in [-0.4, -0.2) is 28.0 Å². The van der Waals surface area contributed by atoms with Crippen molar-refractivity contribution in [3.05, 3.63) is 52.4 Å². The van der Waals surface area contributed by atoms with Crippen LogP contribution in [0.2, 0.25) is 5.15 Å². The maximum atomic E-state index is 5.97. The van der Waals surface area contributed by atoms with E-state index in [1.54, 1.807) is 6.07 Å². The number of aryl methyl sites for hydroxylation is 1. The smallest absolute Gasteiger partial charge is 0.134 e. The monoisotopic (exact) mass is 318 g/mol. The molecule has 4 nitrogen and oxygen atoms in total. The number of hydrogen-bond acceptors (Lipinski definition) is 4. The zero-order valence-electron chi connectivity index (χ0n) is 13.4. The molecule has 0 fully saturated rings. The topological polar surface area (TPSA) is 41.0 Å². The highest BCUT2D eigenvalue weighted by molar-refractivity contribution is 6.29. The predicted octanol–water partition coefficient (Wildman–Crippen LogP) is 3.89. The molecule has 1 aromatic carbocycles. The maximum Gasteiger partial charge on any atom is 0.134 e. The number of hydrogen-bond donors (Lipinski definition) is 1. The van der Waals surface area contributed by atoms with Crippen molar-refractivity contribution >= 4 is 17.4 Å². The van der Waals surface area contributed by atoms with Crippen LogP contribution < -0.4 is 5.32 Å². The molecule has 0 aliphatic rings. The van der Waals surface area contributed by atoms with Crippen LogP contribution in [0.5, 0.6) is 0 Å². The van der Waals surface area contributed by atoms with Gasteiger partial charge in [-0.25, -0.2) is 9.97 Å². The minimum absolute atomic E-state index is 0.464. The molecule has 2 rings (SSSR count). The van der Waals surface area contributed by atoms with Gasteiger partial charge in [0.2, 0.25) is 0 Å². The van der Waals surface area contributed by atoms with Crippen molar-refractivity contribution in [3.63, 3.8) is 0 Å². The quantitative estimate of drug-likeness (QED) is 0.786. The van der Waals surface area contributed by atoms with E-state index in [4.69, 9.17) is 11.6 Å². The Labute approximate surface area is 137 Å². The average Bonchev–Trinajstić information content (AvgIpc) is 2.50. The van der Waals surface area contributed by atoms with Gasteiger partial charge in [-0.2, -0.15) is 0 Å². The molecular formula is C17H23ClN4. The minimum atomic E-state index is 0.464. The summed E-state index contributed by atoms with van der Waals surface area (Å²) in [6.07, 6.45) is 0. The van der Waals surface area contributed by atoms with Crippen LogP contribution in [0.15, 0.2) is 30.3 Å². The molecule has 2 aromatic rings. The second kappa shape index (κ2) is 8.11. The van der Waals surface area contributed by atoms with Gasteiger partial charge in [0.15, 0.2) is 0 Å². The van der Waals surface area contributed by atoms with Gasteiger partial charge in [-0.05, 0) is 31.1 Å². The van der Waals surface area contributed by atoms with Gasteiger partial charge >= 0.3 is 0 Å². The summed E-state index contributed by atoms with van der Waals surface area (Å²) in [5, 5.41) is 3.80. The highest BCUT2D eigenvalue weighted by atomic mass is 35.5. The molecule has 118 valence electrons. The predicted molar refractivity (Wildman–Crippen MR) is 92.2 cm³/mol. The molecule has 0 atom stereocenters. The molecule has 0 spiro atoms. The lowest BCUT2D eigenvalue weighted by atomic mass is 10.1. The summed E-state index contributed by atoms with van der Waals surface area (Å²) in [4.78, 5) is 10.8. The molecule has 0 unspecified atom stereocenters. The summed E-state index contributed by atoms with van der Waals surface area (Å²) in [6.45, 7) is 10.0. The van der Waals surface area contributed by atoms with E-state index in [0.29, 0.717) is 11.0 Å². The number of aromatic nitrogens is 2. The summed E-state index contributed by atoms with van der Waals surface area (Å²) in [6, 6.07) is 10.3. The van der Waals surface area contributed by atoms with Crippen molar-refractivity contribution in [1.82, 2.24) is 14.9 Å². The van der Waals surface area contributed by atoms with Crippen molar-refractivity contribution < 1.29 is 0 Å². The second-order valence-corrected chi connectivity index (χ2v) is 5.59. The lowest BCUT2D eigenvalue weighted by molar-refractivity contribution is 0.295. The fourth-order valence-electron chi connectivity index (χ4n) is 2.38. The Balaban J connectivity index is 2.09. The summed E-state index contributed by atoms with van der Waals surface area (Å²) in [5.41, 5.74) is 2.62. The van der Waals surface area contributed by atoms with Crippen LogP contribution in [0.25, 0.3) is 0 Å². The molecule has 0 saturated carbocycles. The molecule has 0 bridgehead atoms. The van der Waals surface area contributed by atoms with E-state index in [-0.39, 0.29) is 0 Å². The van der Waals surface area contributed by atoms with E-state index in [1.165, 1.54) is 11.1 Å². The molecule has 22 heavy (non-hydrogen) atoms. The van der Waals surface area contributed by atoms with Crippen LogP contribution in [0, 0.1) is 6.92 Å². The number of benzene rings is 1. The van der Waals surface area contributed by atoms with Gasteiger partial charge in [-0.1, -0.05) is 49.7 Å². The average molecular weight is 319 g/mol. The molecule has 0 amide bonds. The summed E-state index contributed by atoms with van der Waals surface area (Å²) in [5.74, 6) is 1.43. The second-order valence-electron chi connectivity index (χ2n) is 5.21. The highest BCUT2D eigenvalue weighted by Gasteiger charge is 2.07. The Hall–Kier alpha value is -1.65. The van der Waals surface area contributed by atoms with Crippen LogP contribution in [0.1, 0.15) is 30.8 Å². The van der Waals surface area contributed by atoms with E-state index in [1.807, 2.05) is 6.92 Å². The lowest BCUT2D eigenvalue weighted by Gasteiger charge is -2.20. The third-order valence-electron chi connectivity index (χ3n) is 3.67. The van der Waals surface area contributed by atoms with Gasteiger partial charge in [-0.3, -0.25) is 4.90 Å². The van der Waals surface area contributed by atoms with Gasteiger partial charge in [0.1, 0.15) is 16.8 Å². The van der Waals surface area contributed by atoms with Gasteiger partial charge in [0.05, 0.1) is 0 Å². The van der Waals surface area contributed by atoms with Crippen molar-refractivity contribution in [2.75, 3.05) is 18.4 Å². The largest absolute Gasteiger partial charge is 0.366 e. The van der Waals surface area contributed by atoms with E-state index < -0.39 is 0 Å². The molecule has 0 radical (unpaired) electrons. The number of nitrogens with one attached hydrogen (secondary N) is 1. The molecular weight excluding hydrogens is 296 g/mol. The number of halogens is 1. The van der Waals surface area contributed by atoms with Crippen LogP contribution in [-0.2, 0) is 13.1 Å². The van der Waals surface area contributed by atoms with Gasteiger partial charge in [-0.15, -0.1) is 0 Å². The fourth-order valence-corrected chi connectivity index (χ4v) is 2.61. The van der Waals surface area contributed by atoms with Crippen LogP contribution in [0.4, 0.5) is 5.82 Å². The van der Waals surface area contributed by atoms with Crippen molar-refractivity contribution in [2.24, 2.45) is 0 Å². The highest BCUT2D eigenvalue weighted by Crippen LogP contribution is 2.16. The van der Waals surface area contributed by atoms with E-state index in [0.717, 1.165) is 32.0 Å². The third kappa shape index (κ3) is 4.68. The molecule has 0 aliphatic heterocycles. The Morgan fingerprint density at radius 3 is 2.41 bits per heavy atom. The first-order valence-corrected chi connectivity index (χ1v) is 8.04. The molecule has 1 N–H and O–H groups in total. The summed E-state index contributed by atoms with van der Waals surface area (Å²) < 4.78 is 0. The minimum Gasteiger partial charge on any atom is -0.366 e. The fraction of sp³-hybridized carbons (Fsp3) is 0.412. The van der Waals surface area contributed by atoms with E-state index in [2.05, 4.69) is 58.3 Å². The first-order valence-electron chi connectivity index (χ1n) is 7.66. The van der Waals surface area contributed by atoms with E-state index in [9.17, 15) is 0 Å². The lowest BCUT2D eigenvalue weighted by Crippen LogP contribution is -2.23. The molecule has 5 heteroatoms. The zero-order valence-corrected chi connectivity index (χ0v) is 14.2. The normalized spacial score (nSPS) is 11.0. The van der Waals surface area contributed by atoms with Crippen LogP contribution >= 0.6 is 11.6 Å². The molecule has 1 aromatic heterocycles. The van der Waals surface area contributed by atoms with Gasteiger partial charge < -0.3 is 5.32 Å². The van der Waals surface area contributed by atoms with Crippen LogP contribution in [0.3, 0.4) is 0 Å². The number of nitrogens with zero attached hydrogens (tertiary/aromatic N) is 3. The Kier molecular flexibility index (Phi) is 6.16. The van der Waals surface area contributed by atoms with Gasteiger partial charge in [0.25, 0.3) is 0 Å². The van der Waals surface area contributed by atoms with E-state index >= 15 is 0 Å².